The highest BCUT2D eigenvalue weighted by molar-refractivity contribution is 4.70. The second-order valence-corrected chi connectivity index (χ2v) is 4.67. The minimum Gasteiger partial charge on any atom is -0.379 e. The first-order valence-electron chi connectivity index (χ1n) is 6.27. The SMILES string of the molecule is CCC(NCCN1CCOCC1)C(C)C. The predicted molar refractivity (Wildman–Crippen MR) is 64.2 cm³/mol. The molecule has 15 heavy (non-hydrogen) atoms. The second-order valence-electron chi connectivity index (χ2n) is 4.67. The third-order valence-electron chi connectivity index (χ3n) is 3.18. The lowest BCUT2D eigenvalue weighted by Gasteiger charge is -2.28. The molecular weight excluding hydrogens is 188 g/mol. The Balaban J connectivity index is 2.08. The average Bonchev–Trinajstić information content (AvgIpc) is 2.25. The molecule has 0 spiro atoms. The van der Waals surface area contributed by atoms with Gasteiger partial charge in [0, 0.05) is 32.2 Å². The Labute approximate surface area is 94.2 Å². The molecule has 1 saturated heterocycles. The monoisotopic (exact) mass is 214 g/mol. The molecule has 1 heterocycles. The molecule has 90 valence electrons. The minimum atomic E-state index is 0.672. The van der Waals surface area contributed by atoms with E-state index in [1.807, 2.05) is 0 Å². The Morgan fingerprint density at radius 2 is 1.93 bits per heavy atom. The van der Waals surface area contributed by atoms with Crippen LogP contribution in [0.3, 0.4) is 0 Å². The van der Waals surface area contributed by atoms with Crippen molar-refractivity contribution in [3.8, 4) is 0 Å². The number of ether oxygens (including phenoxy) is 1. The van der Waals surface area contributed by atoms with Crippen molar-refractivity contribution in [2.75, 3.05) is 39.4 Å². The zero-order chi connectivity index (χ0) is 11.1. The molecule has 0 bridgehead atoms. The van der Waals surface area contributed by atoms with Crippen LogP contribution >= 0.6 is 0 Å². The van der Waals surface area contributed by atoms with Crippen LogP contribution in [-0.2, 0) is 4.74 Å². The summed E-state index contributed by atoms with van der Waals surface area (Å²) >= 11 is 0. The Morgan fingerprint density at radius 1 is 1.27 bits per heavy atom. The maximum atomic E-state index is 5.32. The van der Waals surface area contributed by atoms with E-state index in [-0.39, 0.29) is 0 Å². The van der Waals surface area contributed by atoms with Crippen molar-refractivity contribution >= 4 is 0 Å². The molecule has 0 aliphatic carbocycles. The average molecular weight is 214 g/mol. The molecule has 0 radical (unpaired) electrons. The number of rotatable bonds is 6. The largest absolute Gasteiger partial charge is 0.379 e. The number of hydrogen-bond donors (Lipinski definition) is 1. The third-order valence-corrected chi connectivity index (χ3v) is 3.18. The van der Waals surface area contributed by atoms with E-state index in [1.54, 1.807) is 0 Å². The van der Waals surface area contributed by atoms with Crippen LogP contribution in [0.4, 0.5) is 0 Å². The van der Waals surface area contributed by atoms with Gasteiger partial charge in [-0.3, -0.25) is 4.90 Å². The predicted octanol–water partition coefficient (Wildman–Crippen LogP) is 1.34. The highest BCUT2D eigenvalue weighted by Gasteiger charge is 2.12. The lowest BCUT2D eigenvalue weighted by molar-refractivity contribution is 0.0379. The zero-order valence-electron chi connectivity index (χ0n) is 10.5. The molecule has 0 aromatic heterocycles. The van der Waals surface area contributed by atoms with E-state index in [9.17, 15) is 0 Å². The summed E-state index contributed by atoms with van der Waals surface area (Å²) < 4.78 is 5.32. The second kappa shape index (κ2) is 7.20. The summed E-state index contributed by atoms with van der Waals surface area (Å²) in [4.78, 5) is 2.48. The van der Waals surface area contributed by atoms with Crippen molar-refractivity contribution in [3.05, 3.63) is 0 Å². The Hall–Kier alpha value is -0.120. The van der Waals surface area contributed by atoms with E-state index >= 15 is 0 Å². The maximum Gasteiger partial charge on any atom is 0.0594 e. The van der Waals surface area contributed by atoms with Crippen LogP contribution in [0, 0.1) is 5.92 Å². The number of hydrogen-bond acceptors (Lipinski definition) is 3. The Kier molecular flexibility index (Phi) is 6.22. The van der Waals surface area contributed by atoms with Crippen molar-refractivity contribution < 1.29 is 4.74 Å². The third kappa shape index (κ3) is 4.96. The normalized spacial score (nSPS) is 20.8. The van der Waals surface area contributed by atoms with E-state index in [2.05, 4.69) is 31.0 Å². The van der Waals surface area contributed by atoms with E-state index in [0.717, 1.165) is 45.3 Å². The molecule has 0 amide bonds. The van der Waals surface area contributed by atoms with Gasteiger partial charge in [0.2, 0.25) is 0 Å². The molecule has 1 rings (SSSR count). The Bertz CT molecular complexity index is 156. The molecular formula is C12H26N2O. The summed E-state index contributed by atoms with van der Waals surface area (Å²) in [7, 11) is 0. The fraction of sp³-hybridized carbons (Fsp3) is 1.00. The van der Waals surface area contributed by atoms with Gasteiger partial charge < -0.3 is 10.1 Å². The van der Waals surface area contributed by atoms with Crippen molar-refractivity contribution in [2.24, 2.45) is 5.92 Å². The lowest BCUT2D eigenvalue weighted by atomic mass is 10.0. The van der Waals surface area contributed by atoms with Gasteiger partial charge in [-0.25, -0.2) is 0 Å². The summed E-state index contributed by atoms with van der Waals surface area (Å²) in [5.41, 5.74) is 0. The quantitative estimate of drug-likeness (QED) is 0.722. The lowest BCUT2D eigenvalue weighted by Crippen LogP contribution is -2.43. The highest BCUT2D eigenvalue weighted by Crippen LogP contribution is 2.04. The molecule has 1 unspecified atom stereocenters. The molecule has 0 aromatic rings. The number of nitrogens with one attached hydrogen (secondary N) is 1. The smallest absolute Gasteiger partial charge is 0.0594 e. The van der Waals surface area contributed by atoms with Crippen molar-refractivity contribution in [1.29, 1.82) is 0 Å². The molecule has 1 aliphatic rings. The van der Waals surface area contributed by atoms with Gasteiger partial charge in [-0.15, -0.1) is 0 Å². The summed E-state index contributed by atoms with van der Waals surface area (Å²) in [6.07, 6.45) is 1.22. The number of nitrogens with zero attached hydrogens (tertiary/aromatic N) is 1. The first-order valence-corrected chi connectivity index (χ1v) is 6.27. The van der Waals surface area contributed by atoms with Gasteiger partial charge in [-0.05, 0) is 12.3 Å². The molecule has 1 N–H and O–H groups in total. The first-order chi connectivity index (χ1) is 7.24. The van der Waals surface area contributed by atoms with Crippen LogP contribution in [0.2, 0.25) is 0 Å². The van der Waals surface area contributed by atoms with Crippen molar-refractivity contribution in [3.63, 3.8) is 0 Å². The molecule has 0 aromatic carbocycles. The van der Waals surface area contributed by atoms with Crippen LogP contribution in [0.5, 0.6) is 0 Å². The van der Waals surface area contributed by atoms with Crippen LogP contribution in [0.25, 0.3) is 0 Å². The summed E-state index contributed by atoms with van der Waals surface area (Å²) in [6.45, 7) is 13.1. The van der Waals surface area contributed by atoms with Gasteiger partial charge in [-0.2, -0.15) is 0 Å². The fourth-order valence-electron chi connectivity index (χ4n) is 2.08. The molecule has 1 fully saturated rings. The van der Waals surface area contributed by atoms with E-state index in [0.29, 0.717) is 6.04 Å². The van der Waals surface area contributed by atoms with Gasteiger partial charge in [-0.1, -0.05) is 20.8 Å². The number of morpholine rings is 1. The first kappa shape index (κ1) is 12.9. The Morgan fingerprint density at radius 3 is 2.47 bits per heavy atom. The zero-order valence-corrected chi connectivity index (χ0v) is 10.5. The van der Waals surface area contributed by atoms with E-state index in [1.165, 1.54) is 6.42 Å². The van der Waals surface area contributed by atoms with E-state index < -0.39 is 0 Å². The van der Waals surface area contributed by atoms with Crippen LogP contribution in [0.1, 0.15) is 27.2 Å². The van der Waals surface area contributed by atoms with E-state index in [4.69, 9.17) is 4.74 Å². The standard InChI is InChI=1S/C12H26N2O/c1-4-12(11(2)3)13-5-6-14-7-9-15-10-8-14/h11-13H,4-10H2,1-3H3. The summed E-state index contributed by atoms with van der Waals surface area (Å²) in [5.74, 6) is 0.736. The van der Waals surface area contributed by atoms with Crippen molar-refractivity contribution in [2.45, 2.75) is 33.2 Å². The molecule has 1 atom stereocenters. The van der Waals surface area contributed by atoms with Gasteiger partial charge >= 0.3 is 0 Å². The highest BCUT2D eigenvalue weighted by atomic mass is 16.5. The fourth-order valence-corrected chi connectivity index (χ4v) is 2.08. The van der Waals surface area contributed by atoms with Gasteiger partial charge in [0.1, 0.15) is 0 Å². The maximum absolute atomic E-state index is 5.32. The van der Waals surface area contributed by atoms with Crippen molar-refractivity contribution in [1.82, 2.24) is 10.2 Å². The van der Waals surface area contributed by atoms with Gasteiger partial charge in [0.25, 0.3) is 0 Å². The molecule has 3 nitrogen and oxygen atoms in total. The minimum absolute atomic E-state index is 0.672. The topological polar surface area (TPSA) is 24.5 Å². The molecule has 1 aliphatic heterocycles. The molecule has 3 heteroatoms. The molecule has 0 saturated carbocycles. The van der Waals surface area contributed by atoms with Gasteiger partial charge in [0.15, 0.2) is 0 Å². The van der Waals surface area contributed by atoms with Crippen LogP contribution in [0.15, 0.2) is 0 Å². The summed E-state index contributed by atoms with van der Waals surface area (Å²) in [5, 5.41) is 3.63. The van der Waals surface area contributed by atoms with Crippen LogP contribution in [-0.4, -0.2) is 50.3 Å². The summed E-state index contributed by atoms with van der Waals surface area (Å²) in [6, 6.07) is 0.672. The van der Waals surface area contributed by atoms with Crippen LogP contribution < -0.4 is 5.32 Å². The van der Waals surface area contributed by atoms with Gasteiger partial charge in [0.05, 0.1) is 13.2 Å².